The molecule has 1 aromatic heterocycles. The molecule has 1 heterocycles. The number of aliphatic hydroxyl groups is 1. The molecule has 2 aromatic rings. The van der Waals surface area contributed by atoms with Gasteiger partial charge in [-0.2, -0.15) is 5.26 Å². The summed E-state index contributed by atoms with van der Waals surface area (Å²) in [4.78, 5) is 17.5. The van der Waals surface area contributed by atoms with E-state index in [1.165, 1.54) is 12.5 Å². The molecule has 0 unspecified atom stereocenters. The second kappa shape index (κ2) is 8.38. The number of carbonyl (C=O) groups is 1. The summed E-state index contributed by atoms with van der Waals surface area (Å²) in [6.07, 6.45) is 5.71. The molecule has 1 N–H and O–H groups in total. The van der Waals surface area contributed by atoms with E-state index in [0.29, 0.717) is 28.7 Å². The molecular weight excluding hydrogens is 366 g/mol. The Balaban J connectivity index is 1.98. The van der Waals surface area contributed by atoms with E-state index >= 15 is 0 Å². The smallest absolute Gasteiger partial charge is 0.349 e. The van der Waals surface area contributed by atoms with Crippen molar-refractivity contribution in [3.05, 3.63) is 53.6 Å². The van der Waals surface area contributed by atoms with Crippen LogP contribution in [-0.4, -0.2) is 26.7 Å². The average Bonchev–Trinajstić information content (AvgIpc) is 3.13. The Labute approximate surface area is 172 Å². The number of aromatic nitrogens is 2. The zero-order chi connectivity index (χ0) is 21.2. The molecule has 154 valence electrons. The molecule has 6 heteroatoms. The number of rotatable bonds is 5. The fraction of sp³-hybridized carbons (Fsp3) is 0.522. The lowest BCUT2D eigenvalue weighted by Gasteiger charge is -2.38. The number of nitrogens with zero attached hydrogens (tertiary/aromatic N) is 3. The van der Waals surface area contributed by atoms with Crippen LogP contribution in [0.1, 0.15) is 56.9 Å². The number of aryl methyl sites for hydroxylation is 1. The molecule has 4 atom stereocenters. The van der Waals surface area contributed by atoms with Crippen LogP contribution in [0, 0.1) is 29.1 Å². The maximum absolute atomic E-state index is 13.4. The quantitative estimate of drug-likeness (QED) is 0.783. The van der Waals surface area contributed by atoms with Crippen LogP contribution < -0.4 is 0 Å². The summed E-state index contributed by atoms with van der Waals surface area (Å²) < 4.78 is 7.61. The van der Waals surface area contributed by atoms with Gasteiger partial charge in [0.1, 0.15) is 6.10 Å². The number of hydrogen-bond donors (Lipinski definition) is 1. The van der Waals surface area contributed by atoms with Crippen LogP contribution in [0.25, 0.3) is 0 Å². The lowest BCUT2D eigenvalue weighted by atomic mass is 9.75. The van der Waals surface area contributed by atoms with E-state index in [4.69, 9.17) is 10.00 Å². The van der Waals surface area contributed by atoms with Gasteiger partial charge in [-0.3, -0.25) is 0 Å². The molecule has 0 radical (unpaired) electrons. The van der Waals surface area contributed by atoms with Gasteiger partial charge >= 0.3 is 5.97 Å². The number of esters is 1. The minimum Gasteiger partial charge on any atom is -0.459 e. The minimum atomic E-state index is -2.00. The van der Waals surface area contributed by atoms with Crippen molar-refractivity contribution in [3.63, 3.8) is 0 Å². The first-order chi connectivity index (χ1) is 13.8. The van der Waals surface area contributed by atoms with Gasteiger partial charge in [0.15, 0.2) is 0 Å². The number of carbonyl (C=O) groups excluding carboxylic acids is 1. The third kappa shape index (κ3) is 4.06. The molecule has 1 aliphatic rings. The second-order valence-corrected chi connectivity index (χ2v) is 8.56. The number of hydrogen-bond acceptors (Lipinski definition) is 5. The molecule has 1 aromatic carbocycles. The molecule has 1 aliphatic carbocycles. The third-order valence-electron chi connectivity index (χ3n) is 6.13. The lowest BCUT2D eigenvalue weighted by Crippen LogP contribution is -2.45. The Morgan fingerprint density at radius 2 is 2.03 bits per heavy atom. The van der Waals surface area contributed by atoms with Crippen LogP contribution in [0.4, 0.5) is 0 Å². The summed E-state index contributed by atoms with van der Waals surface area (Å²) in [7, 11) is 1.73. The van der Waals surface area contributed by atoms with Crippen LogP contribution in [0.2, 0.25) is 0 Å². The van der Waals surface area contributed by atoms with Gasteiger partial charge in [-0.25, -0.2) is 9.78 Å². The average molecular weight is 396 g/mol. The van der Waals surface area contributed by atoms with E-state index in [1.807, 2.05) is 0 Å². The molecule has 6 nitrogen and oxygen atoms in total. The Kier molecular flexibility index (Phi) is 6.09. The monoisotopic (exact) mass is 395 g/mol. The van der Waals surface area contributed by atoms with Gasteiger partial charge in [-0.05, 0) is 42.7 Å². The number of ether oxygens (including phenoxy) is 1. The Hall–Kier alpha value is -2.65. The molecule has 0 bridgehead atoms. The normalized spacial score (nSPS) is 24.0. The van der Waals surface area contributed by atoms with E-state index in [9.17, 15) is 9.90 Å². The highest BCUT2D eigenvalue weighted by molar-refractivity contribution is 5.85. The van der Waals surface area contributed by atoms with Crippen molar-refractivity contribution in [3.8, 4) is 6.07 Å². The molecule has 0 saturated heterocycles. The summed E-state index contributed by atoms with van der Waals surface area (Å²) in [5, 5.41) is 20.7. The van der Waals surface area contributed by atoms with Gasteiger partial charge in [0, 0.05) is 12.6 Å². The summed E-state index contributed by atoms with van der Waals surface area (Å²) in [6.45, 7) is 6.47. The van der Waals surface area contributed by atoms with Crippen LogP contribution in [0.5, 0.6) is 0 Å². The number of imidazole rings is 1. The number of benzene rings is 1. The van der Waals surface area contributed by atoms with Gasteiger partial charge < -0.3 is 14.4 Å². The SMILES string of the molecule is CC(C)[C@@H]1CC[C@@H](C)C[C@H]1OC(=O)[C@](O)(c1ccc(C#N)cc1)c1cncn1C. The van der Waals surface area contributed by atoms with E-state index < -0.39 is 11.6 Å². The summed E-state index contributed by atoms with van der Waals surface area (Å²) >= 11 is 0. The molecule has 0 spiro atoms. The fourth-order valence-corrected chi connectivity index (χ4v) is 4.34. The fourth-order valence-electron chi connectivity index (χ4n) is 4.34. The van der Waals surface area contributed by atoms with Crippen molar-refractivity contribution < 1.29 is 14.6 Å². The predicted molar refractivity (Wildman–Crippen MR) is 109 cm³/mol. The maximum atomic E-state index is 13.4. The predicted octanol–water partition coefficient (Wildman–Crippen LogP) is 3.53. The highest BCUT2D eigenvalue weighted by atomic mass is 16.6. The number of nitriles is 1. The van der Waals surface area contributed by atoms with Gasteiger partial charge in [-0.1, -0.05) is 39.3 Å². The Bertz CT molecular complexity index is 897. The van der Waals surface area contributed by atoms with Crippen molar-refractivity contribution in [1.82, 2.24) is 9.55 Å². The van der Waals surface area contributed by atoms with Crippen LogP contribution >= 0.6 is 0 Å². The van der Waals surface area contributed by atoms with Crippen molar-refractivity contribution in [2.45, 2.75) is 51.7 Å². The molecular formula is C23H29N3O3. The highest BCUT2D eigenvalue weighted by Crippen LogP contribution is 2.38. The topological polar surface area (TPSA) is 88.1 Å². The standard InChI is InChI=1S/C23H29N3O3/c1-15(2)19-10-5-16(3)11-20(19)29-22(27)23(28,21-13-25-14-26(21)4)18-8-6-17(12-24)7-9-18/h6-9,13-16,19-20,28H,5,10-11H2,1-4H3/t16-,19+,20-,23+/m1/s1. The van der Waals surface area contributed by atoms with Gasteiger partial charge in [0.25, 0.3) is 0 Å². The van der Waals surface area contributed by atoms with Crippen LogP contribution in [0.3, 0.4) is 0 Å². The zero-order valence-electron chi connectivity index (χ0n) is 17.5. The van der Waals surface area contributed by atoms with Crippen LogP contribution in [-0.2, 0) is 22.2 Å². The molecule has 29 heavy (non-hydrogen) atoms. The van der Waals surface area contributed by atoms with Crippen molar-refractivity contribution in [2.75, 3.05) is 0 Å². The highest BCUT2D eigenvalue weighted by Gasteiger charge is 2.46. The van der Waals surface area contributed by atoms with Crippen molar-refractivity contribution in [1.29, 1.82) is 5.26 Å². The Morgan fingerprint density at radius 1 is 1.34 bits per heavy atom. The molecule has 1 saturated carbocycles. The summed E-state index contributed by atoms with van der Waals surface area (Å²) in [5.41, 5.74) is -0.857. The second-order valence-electron chi connectivity index (χ2n) is 8.56. The third-order valence-corrected chi connectivity index (χ3v) is 6.13. The van der Waals surface area contributed by atoms with Gasteiger partial charge in [0.05, 0.1) is 29.9 Å². The minimum absolute atomic E-state index is 0.232. The summed E-state index contributed by atoms with van der Waals surface area (Å²) in [5.74, 6) is 0.435. The molecule has 3 rings (SSSR count). The first kappa shape index (κ1) is 21.1. The lowest BCUT2D eigenvalue weighted by molar-refractivity contribution is -0.175. The van der Waals surface area contributed by atoms with E-state index in [1.54, 1.807) is 35.9 Å². The molecule has 1 fully saturated rings. The van der Waals surface area contributed by atoms with Crippen LogP contribution in [0.15, 0.2) is 36.8 Å². The van der Waals surface area contributed by atoms with Gasteiger partial charge in [-0.15, -0.1) is 0 Å². The van der Waals surface area contributed by atoms with Crippen molar-refractivity contribution in [2.24, 2.45) is 24.8 Å². The molecule has 0 amide bonds. The van der Waals surface area contributed by atoms with Gasteiger partial charge in [0.2, 0.25) is 5.60 Å². The van der Waals surface area contributed by atoms with E-state index in [-0.39, 0.29) is 12.0 Å². The first-order valence-electron chi connectivity index (χ1n) is 10.2. The van der Waals surface area contributed by atoms with E-state index in [0.717, 1.165) is 19.3 Å². The Morgan fingerprint density at radius 3 is 2.59 bits per heavy atom. The largest absolute Gasteiger partial charge is 0.459 e. The van der Waals surface area contributed by atoms with E-state index in [2.05, 4.69) is 31.8 Å². The molecule has 0 aliphatic heterocycles. The first-order valence-corrected chi connectivity index (χ1v) is 10.2. The summed E-state index contributed by atoms with van der Waals surface area (Å²) in [6, 6.07) is 8.42. The zero-order valence-corrected chi connectivity index (χ0v) is 17.5. The van der Waals surface area contributed by atoms with Crippen molar-refractivity contribution >= 4 is 5.97 Å². The maximum Gasteiger partial charge on any atom is 0.349 e.